The highest BCUT2D eigenvalue weighted by Gasteiger charge is 2.15. The first-order chi connectivity index (χ1) is 9.36. The Balaban J connectivity index is 2.10. The molecule has 0 aromatic rings. The molecule has 0 aromatic heterocycles. The van der Waals surface area contributed by atoms with Crippen molar-refractivity contribution in [2.24, 2.45) is 5.92 Å². The summed E-state index contributed by atoms with van der Waals surface area (Å²) >= 11 is 0. The lowest BCUT2D eigenvalue weighted by Crippen LogP contribution is -2.31. The Labute approximate surface area is 120 Å². The van der Waals surface area contributed by atoms with E-state index >= 15 is 0 Å². The lowest BCUT2D eigenvalue weighted by Gasteiger charge is -2.19. The number of hydrogen-bond acceptors (Lipinski definition) is 2. The normalized spacial score (nSPS) is 19.4. The Morgan fingerprint density at radius 1 is 1.05 bits per heavy atom. The van der Waals surface area contributed by atoms with Crippen LogP contribution in [0.1, 0.15) is 78.1 Å². The first kappa shape index (κ1) is 17.0. The second-order valence-corrected chi connectivity index (χ2v) is 6.16. The van der Waals surface area contributed by atoms with Gasteiger partial charge in [-0.05, 0) is 38.1 Å². The molecular weight excluding hydrogens is 234 g/mol. The molecule has 1 fully saturated rings. The summed E-state index contributed by atoms with van der Waals surface area (Å²) in [7, 11) is 0. The Kier molecular flexibility index (Phi) is 10.5. The van der Waals surface area contributed by atoms with Crippen LogP contribution in [-0.4, -0.2) is 25.8 Å². The van der Waals surface area contributed by atoms with Crippen LogP contribution in [0, 0.1) is 5.92 Å². The van der Waals surface area contributed by atoms with E-state index in [0.717, 1.165) is 25.2 Å². The fourth-order valence-corrected chi connectivity index (χ4v) is 2.93. The molecule has 0 aromatic carbocycles. The topological polar surface area (TPSA) is 21.3 Å². The molecule has 1 aliphatic rings. The summed E-state index contributed by atoms with van der Waals surface area (Å²) in [6.07, 6.45) is 13.6. The first-order valence-electron chi connectivity index (χ1n) is 8.68. The van der Waals surface area contributed by atoms with Gasteiger partial charge < -0.3 is 10.1 Å². The van der Waals surface area contributed by atoms with Crippen molar-refractivity contribution in [2.45, 2.75) is 84.1 Å². The molecule has 0 bridgehead atoms. The smallest absolute Gasteiger partial charge is 0.0495 e. The average molecular weight is 269 g/mol. The van der Waals surface area contributed by atoms with Gasteiger partial charge in [0.15, 0.2) is 0 Å². The van der Waals surface area contributed by atoms with E-state index < -0.39 is 0 Å². The van der Waals surface area contributed by atoms with E-state index in [1.807, 2.05) is 0 Å². The van der Waals surface area contributed by atoms with Crippen LogP contribution in [0.3, 0.4) is 0 Å². The number of hydrogen-bond donors (Lipinski definition) is 1. The van der Waals surface area contributed by atoms with E-state index in [4.69, 9.17) is 4.74 Å². The fraction of sp³-hybridized carbons (Fsp3) is 1.00. The number of ether oxygens (including phenoxy) is 1. The van der Waals surface area contributed by atoms with E-state index in [0.29, 0.717) is 0 Å². The fourth-order valence-electron chi connectivity index (χ4n) is 2.93. The highest BCUT2D eigenvalue weighted by atomic mass is 16.5. The van der Waals surface area contributed by atoms with Gasteiger partial charge in [0.05, 0.1) is 0 Å². The summed E-state index contributed by atoms with van der Waals surface area (Å²) in [5, 5.41) is 3.81. The number of rotatable bonds is 12. The molecule has 0 amide bonds. The Morgan fingerprint density at radius 3 is 2.26 bits per heavy atom. The minimum Gasteiger partial charge on any atom is -0.381 e. The third kappa shape index (κ3) is 8.65. The van der Waals surface area contributed by atoms with Gasteiger partial charge in [-0.15, -0.1) is 0 Å². The standard InChI is InChI=1S/C17H35NO/c1-3-5-7-9-17(10-8-6-4-2)18-13-11-16-12-14-19-15-16/h16-18H,3-15H2,1-2H3. The van der Waals surface area contributed by atoms with Crippen LogP contribution >= 0.6 is 0 Å². The largest absolute Gasteiger partial charge is 0.381 e. The van der Waals surface area contributed by atoms with Gasteiger partial charge in [0.2, 0.25) is 0 Å². The second-order valence-electron chi connectivity index (χ2n) is 6.16. The van der Waals surface area contributed by atoms with Crippen molar-refractivity contribution >= 4 is 0 Å². The maximum Gasteiger partial charge on any atom is 0.0495 e. The van der Waals surface area contributed by atoms with Crippen LogP contribution < -0.4 is 5.32 Å². The zero-order chi connectivity index (χ0) is 13.8. The number of nitrogens with one attached hydrogen (secondary N) is 1. The summed E-state index contributed by atoms with van der Waals surface area (Å²) in [6.45, 7) is 7.76. The summed E-state index contributed by atoms with van der Waals surface area (Å²) in [5.74, 6) is 0.819. The lowest BCUT2D eigenvalue weighted by molar-refractivity contribution is 0.183. The van der Waals surface area contributed by atoms with Crippen molar-refractivity contribution in [1.82, 2.24) is 5.32 Å². The van der Waals surface area contributed by atoms with Gasteiger partial charge in [-0.2, -0.15) is 0 Å². The predicted octanol–water partition coefficient (Wildman–Crippen LogP) is 4.53. The minimum atomic E-state index is 0.764. The van der Waals surface area contributed by atoms with Crippen molar-refractivity contribution < 1.29 is 4.74 Å². The zero-order valence-corrected chi connectivity index (χ0v) is 13.3. The average Bonchev–Trinajstić information content (AvgIpc) is 2.92. The Hall–Kier alpha value is -0.0800. The van der Waals surface area contributed by atoms with Crippen molar-refractivity contribution in [3.8, 4) is 0 Å². The van der Waals surface area contributed by atoms with Gasteiger partial charge >= 0.3 is 0 Å². The molecule has 1 unspecified atom stereocenters. The van der Waals surface area contributed by atoms with Crippen LogP contribution in [0.5, 0.6) is 0 Å². The first-order valence-corrected chi connectivity index (χ1v) is 8.68. The van der Waals surface area contributed by atoms with E-state index in [-0.39, 0.29) is 0 Å². The molecule has 1 heterocycles. The zero-order valence-electron chi connectivity index (χ0n) is 13.3. The van der Waals surface area contributed by atoms with Crippen molar-refractivity contribution in [2.75, 3.05) is 19.8 Å². The van der Waals surface area contributed by atoms with E-state index in [9.17, 15) is 0 Å². The van der Waals surface area contributed by atoms with Crippen LogP contribution in [0.2, 0.25) is 0 Å². The van der Waals surface area contributed by atoms with Crippen LogP contribution in [-0.2, 0) is 4.74 Å². The molecule has 0 aliphatic carbocycles. The predicted molar refractivity (Wildman–Crippen MR) is 83.6 cm³/mol. The van der Waals surface area contributed by atoms with Crippen molar-refractivity contribution in [3.63, 3.8) is 0 Å². The molecule has 1 aliphatic heterocycles. The van der Waals surface area contributed by atoms with Crippen LogP contribution in [0.25, 0.3) is 0 Å². The summed E-state index contributed by atoms with van der Waals surface area (Å²) < 4.78 is 5.45. The Morgan fingerprint density at radius 2 is 1.74 bits per heavy atom. The molecule has 1 saturated heterocycles. The molecular formula is C17H35NO. The molecule has 2 heteroatoms. The van der Waals surface area contributed by atoms with Gasteiger partial charge in [0, 0.05) is 19.3 Å². The molecule has 114 valence electrons. The molecule has 0 spiro atoms. The minimum absolute atomic E-state index is 0.764. The summed E-state index contributed by atoms with van der Waals surface area (Å²) in [5.41, 5.74) is 0. The second kappa shape index (κ2) is 11.7. The van der Waals surface area contributed by atoms with E-state index in [2.05, 4.69) is 19.2 Å². The summed E-state index contributed by atoms with van der Waals surface area (Å²) in [4.78, 5) is 0. The van der Waals surface area contributed by atoms with Gasteiger partial charge in [0.1, 0.15) is 0 Å². The molecule has 2 nitrogen and oxygen atoms in total. The maximum absolute atomic E-state index is 5.45. The van der Waals surface area contributed by atoms with Gasteiger partial charge in [-0.3, -0.25) is 0 Å². The third-order valence-corrected chi connectivity index (χ3v) is 4.32. The highest BCUT2D eigenvalue weighted by molar-refractivity contribution is 4.70. The third-order valence-electron chi connectivity index (χ3n) is 4.32. The molecule has 1 rings (SSSR count). The number of unbranched alkanes of at least 4 members (excludes halogenated alkanes) is 4. The molecule has 0 saturated carbocycles. The summed E-state index contributed by atoms with van der Waals surface area (Å²) in [6, 6.07) is 0.764. The molecule has 19 heavy (non-hydrogen) atoms. The quantitative estimate of drug-likeness (QED) is 0.525. The van der Waals surface area contributed by atoms with Crippen molar-refractivity contribution in [3.05, 3.63) is 0 Å². The Bertz CT molecular complexity index is 180. The maximum atomic E-state index is 5.45. The van der Waals surface area contributed by atoms with Crippen LogP contribution in [0.4, 0.5) is 0 Å². The van der Waals surface area contributed by atoms with E-state index in [1.54, 1.807) is 0 Å². The molecule has 0 radical (unpaired) electrons. The van der Waals surface area contributed by atoms with Gasteiger partial charge in [-0.1, -0.05) is 52.4 Å². The molecule has 1 atom stereocenters. The van der Waals surface area contributed by atoms with Crippen LogP contribution in [0.15, 0.2) is 0 Å². The van der Waals surface area contributed by atoms with E-state index in [1.165, 1.54) is 70.8 Å². The van der Waals surface area contributed by atoms with Crippen molar-refractivity contribution in [1.29, 1.82) is 0 Å². The monoisotopic (exact) mass is 269 g/mol. The molecule has 1 N–H and O–H groups in total. The van der Waals surface area contributed by atoms with Gasteiger partial charge in [-0.25, -0.2) is 0 Å². The van der Waals surface area contributed by atoms with Gasteiger partial charge in [0.25, 0.3) is 0 Å². The highest BCUT2D eigenvalue weighted by Crippen LogP contribution is 2.16. The SMILES string of the molecule is CCCCCC(CCCCC)NCCC1CCOC1. The lowest BCUT2D eigenvalue weighted by atomic mass is 10.0.